The van der Waals surface area contributed by atoms with Gasteiger partial charge >= 0.3 is 7.12 Å². The first kappa shape index (κ1) is 17.2. The zero-order valence-electron chi connectivity index (χ0n) is 13.5. The Balaban J connectivity index is 2.76. The molecule has 0 fully saturated rings. The number of hydrogen-bond acceptors (Lipinski definition) is 3. The zero-order chi connectivity index (χ0) is 15.6. The van der Waals surface area contributed by atoms with E-state index in [4.69, 9.17) is 4.65 Å². The Morgan fingerprint density at radius 2 is 1.60 bits per heavy atom. The minimum absolute atomic E-state index is 0.608. The molecule has 3 nitrogen and oxygen atoms in total. The number of rotatable bonds is 6. The Kier molecular flexibility index (Phi) is 5.42. The smallest absolute Gasteiger partial charge is 0.423 e. The van der Waals surface area contributed by atoms with Gasteiger partial charge in [0.25, 0.3) is 0 Å². The van der Waals surface area contributed by atoms with E-state index in [2.05, 4.69) is 13.8 Å². The number of benzene rings is 1. The summed E-state index contributed by atoms with van der Waals surface area (Å²) in [6.07, 6.45) is 1.02. The molecular formula is C16H27BO3. The van der Waals surface area contributed by atoms with E-state index in [1.54, 1.807) is 27.7 Å². The first-order chi connectivity index (χ1) is 9.03. The lowest BCUT2D eigenvalue weighted by atomic mass is 9.76. The predicted molar refractivity (Wildman–Crippen MR) is 84.1 cm³/mol. The SMILES string of the molecule is CC(C)Cc1ccc(B(O)OC(C)(C)C(C)(C)O)cc1. The Labute approximate surface area is 123 Å². The monoisotopic (exact) mass is 278 g/mol. The molecule has 0 unspecified atom stereocenters. The normalized spacial score (nSPS) is 12.8. The molecule has 4 heteroatoms. The van der Waals surface area contributed by atoms with Crippen molar-refractivity contribution in [2.75, 3.05) is 0 Å². The zero-order valence-corrected chi connectivity index (χ0v) is 13.5. The van der Waals surface area contributed by atoms with Gasteiger partial charge in [0, 0.05) is 0 Å². The molecule has 20 heavy (non-hydrogen) atoms. The maximum absolute atomic E-state index is 10.2. The van der Waals surface area contributed by atoms with Crippen LogP contribution in [0.2, 0.25) is 0 Å². The third kappa shape index (κ3) is 4.62. The van der Waals surface area contributed by atoms with Crippen molar-refractivity contribution in [3.8, 4) is 0 Å². The Bertz CT molecular complexity index is 418. The summed E-state index contributed by atoms with van der Waals surface area (Å²) in [5.74, 6) is 0.608. The highest BCUT2D eigenvalue weighted by Crippen LogP contribution is 2.25. The molecule has 0 saturated heterocycles. The maximum Gasteiger partial charge on any atom is 0.491 e. The van der Waals surface area contributed by atoms with Crippen LogP contribution in [0.5, 0.6) is 0 Å². The van der Waals surface area contributed by atoms with E-state index in [1.165, 1.54) is 5.56 Å². The van der Waals surface area contributed by atoms with E-state index < -0.39 is 18.3 Å². The minimum atomic E-state index is -1.04. The van der Waals surface area contributed by atoms with Crippen molar-refractivity contribution in [3.63, 3.8) is 0 Å². The molecule has 0 aliphatic heterocycles. The molecule has 0 amide bonds. The second kappa shape index (κ2) is 6.29. The van der Waals surface area contributed by atoms with Gasteiger partial charge < -0.3 is 14.8 Å². The first-order valence-corrected chi connectivity index (χ1v) is 7.20. The Morgan fingerprint density at radius 3 is 2.00 bits per heavy atom. The Hall–Kier alpha value is -0.835. The van der Waals surface area contributed by atoms with Crippen molar-refractivity contribution in [1.82, 2.24) is 0 Å². The van der Waals surface area contributed by atoms with E-state index in [-0.39, 0.29) is 0 Å². The van der Waals surface area contributed by atoms with Gasteiger partial charge in [-0.1, -0.05) is 38.1 Å². The van der Waals surface area contributed by atoms with Crippen LogP contribution in [0.3, 0.4) is 0 Å². The predicted octanol–water partition coefficient (Wildman–Crippen LogP) is 2.14. The van der Waals surface area contributed by atoms with Gasteiger partial charge in [0.1, 0.15) is 0 Å². The summed E-state index contributed by atoms with van der Waals surface area (Å²) in [7, 11) is -1.04. The highest BCUT2D eigenvalue weighted by Gasteiger charge is 2.39. The van der Waals surface area contributed by atoms with Crippen LogP contribution in [0, 0.1) is 5.92 Å². The highest BCUT2D eigenvalue weighted by atomic mass is 16.5. The lowest BCUT2D eigenvalue weighted by Crippen LogP contribution is -2.53. The third-order valence-corrected chi connectivity index (χ3v) is 3.79. The van der Waals surface area contributed by atoms with E-state index in [1.807, 2.05) is 24.3 Å². The molecule has 1 aromatic carbocycles. The van der Waals surface area contributed by atoms with Gasteiger partial charge in [-0.2, -0.15) is 0 Å². The molecule has 0 atom stereocenters. The summed E-state index contributed by atoms with van der Waals surface area (Å²) in [4.78, 5) is 0. The maximum atomic E-state index is 10.2. The number of aliphatic hydroxyl groups is 1. The van der Waals surface area contributed by atoms with Crippen LogP contribution < -0.4 is 5.46 Å². The van der Waals surface area contributed by atoms with Crippen molar-refractivity contribution in [1.29, 1.82) is 0 Å². The van der Waals surface area contributed by atoms with Crippen LogP contribution in [0.15, 0.2) is 24.3 Å². The molecular weight excluding hydrogens is 251 g/mol. The molecule has 0 spiro atoms. The van der Waals surface area contributed by atoms with Crippen molar-refractivity contribution in [2.45, 2.75) is 59.2 Å². The topological polar surface area (TPSA) is 49.7 Å². The van der Waals surface area contributed by atoms with Crippen LogP contribution >= 0.6 is 0 Å². The van der Waals surface area contributed by atoms with Crippen LogP contribution in [-0.4, -0.2) is 28.5 Å². The molecule has 0 radical (unpaired) electrons. The van der Waals surface area contributed by atoms with E-state index in [0.29, 0.717) is 11.4 Å². The summed E-state index contributed by atoms with van der Waals surface area (Å²) in [6, 6.07) is 7.78. The minimum Gasteiger partial charge on any atom is -0.423 e. The second-order valence-corrected chi connectivity index (χ2v) is 6.88. The molecule has 1 rings (SSSR count). The largest absolute Gasteiger partial charge is 0.491 e. The van der Waals surface area contributed by atoms with E-state index in [0.717, 1.165) is 6.42 Å². The van der Waals surface area contributed by atoms with Crippen LogP contribution in [0.4, 0.5) is 0 Å². The fourth-order valence-corrected chi connectivity index (χ4v) is 1.78. The van der Waals surface area contributed by atoms with Gasteiger partial charge in [0.2, 0.25) is 0 Å². The van der Waals surface area contributed by atoms with E-state index in [9.17, 15) is 10.1 Å². The molecule has 0 aliphatic carbocycles. The third-order valence-electron chi connectivity index (χ3n) is 3.79. The van der Waals surface area contributed by atoms with Crippen molar-refractivity contribution < 1.29 is 14.8 Å². The fourth-order valence-electron chi connectivity index (χ4n) is 1.78. The van der Waals surface area contributed by atoms with Gasteiger partial charge in [0.05, 0.1) is 11.2 Å². The van der Waals surface area contributed by atoms with Crippen molar-refractivity contribution in [2.24, 2.45) is 5.92 Å². The molecule has 0 saturated carbocycles. The fraction of sp³-hybridized carbons (Fsp3) is 0.625. The van der Waals surface area contributed by atoms with Crippen LogP contribution in [0.25, 0.3) is 0 Å². The van der Waals surface area contributed by atoms with Gasteiger partial charge in [-0.15, -0.1) is 0 Å². The number of hydrogen-bond donors (Lipinski definition) is 2. The van der Waals surface area contributed by atoms with Gasteiger partial charge in [-0.3, -0.25) is 0 Å². The van der Waals surface area contributed by atoms with Gasteiger partial charge in [-0.05, 0) is 51.1 Å². The molecule has 112 valence electrons. The first-order valence-electron chi connectivity index (χ1n) is 7.20. The van der Waals surface area contributed by atoms with Gasteiger partial charge in [0.15, 0.2) is 0 Å². The Morgan fingerprint density at radius 1 is 1.10 bits per heavy atom. The molecule has 0 heterocycles. The summed E-state index contributed by atoms with van der Waals surface area (Å²) in [5, 5.41) is 20.2. The molecule has 2 N–H and O–H groups in total. The summed E-state index contributed by atoms with van der Waals surface area (Å²) >= 11 is 0. The van der Waals surface area contributed by atoms with Crippen LogP contribution in [0.1, 0.15) is 47.1 Å². The lowest BCUT2D eigenvalue weighted by molar-refractivity contribution is -0.0982. The molecule has 1 aromatic rings. The quantitative estimate of drug-likeness (QED) is 0.784. The standard InChI is InChI=1S/C16H27BO3/c1-12(2)11-13-7-9-14(10-8-13)17(19)20-16(5,6)15(3,4)18/h7-10,12,18-19H,11H2,1-6H3. The average Bonchev–Trinajstić information content (AvgIpc) is 2.26. The molecule has 0 bridgehead atoms. The van der Waals surface area contributed by atoms with Crippen molar-refractivity contribution >= 4 is 12.6 Å². The van der Waals surface area contributed by atoms with Crippen LogP contribution in [-0.2, 0) is 11.1 Å². The second-order valence-electron chi connectivity index (χ2n) is 6.88. The van der Waals surface area contributed by atoms with Gasteiger partial charge in [-0.25, -0.2) is 0 Å². The van der Waals surface area contributed by atoms with Crippen molar-refractivity contribution in [3.05, 3.63) is 29.8 Å². The highest BCUT2D eigenvalue weighted by molar-refractivity contribution is 6.60. The molecule has 0 aliphatic rings. The average molecular weight is 278 g/mol. The summed E-state index contributed by atoms with van der Waals surface area (Å²) < 4.78 is 5.61. The summed E-state index contributed by atoms with van der Waals surface area (Å²) in [6.45, 7) is 11.2. The molecule has 0 aromatic heterocycles. The summed E-state index contributed by atoms with van der Waals surface area (Å²) in [5.41, 5.74) is 0.0710. The van der Waals surface area contributed by atoms with E-state index >= 15 is 0 Å². The lowest BCUT2D eigenvalue weighted by Gasteiger charge is -2.38.